The van der Waals surface area contributed by atoms with E-state index in [0.717, 1.165) is 20.7 Å². The van der Waals surface area contributed by atoms with Gasteiger partial charge in [-0.25, -0.2) is 0 Å². The van der Waals surface area contributed by atoms with Gasteiger partial charge in [-0.3, -0.25) is 4.79 Å². The van der Waals surface area contributed by atoms with Crippen LogP contribution in [0.4, 0.5) is 0 Å². The van der Waals surface area contributed by atoms with E-state index in [1.807, 2.05) is 6.92 Å². The third-order valence-electron chi connectivity index (χ3n) is 1.39. The molecule has 4 heteroatoms. The average molecular weight is 204 g/mol. The van der Waals surface area contributed by atoms with Crippen LogP contribution < -0.4 is 0 Å². The summed E-state index contributed by atoms with van der Waals surface area (Å²) in [5, 5.41) is 0. The summed E-state index contributed by atoms with van der Waals surface area (Å²) < 4.78 is 0.878. The summed E-state index contributed by atoms with van der Waals surface area (Å²) in [6.45, 7) is 3.61. The first kappa shape index (κ1) is 9.03. The highest BCUT2D eigenvalue weighted by Crippen LogP contribution is 2.25. The maximum atomic E-state index is 11.0. The van der Waals surface area contributed by atoms with Gasteiger partial charge in [-0.2, -0.15) is 0 Å². The molecule has 1 heterocycles. The van der Waals surface area contributed by atoms with Crippen molar-refractivity contribution in [3.63, 3.8) is 0 Å². The van der Waals surface area contributed by atoms with E-state index in [-0.39, 0.29) is 5.78 Å². The number of hydrogen-bond acceptors (Lipinski definition) is 4. The molecule has 0 N–H and O–H groups in total. The number of hydrogen-bond donors (Lipinski definition) is 0. The van der Waals surface area contributed by atoms with Gasteiger partial charge >= 0.3 is 0 Å². The smallest absolute Gasteiger partial charge is 0.170 e. The summed E-state index contributed by atoms with van der Waals surface area (Å²) in [6.07, 6.45) is 0.869. The minimum Gasteiger partial charge on any atom is -0.294 e. The summed E-state index contributed by atoms with van der Waals surface area (Å²) in [5.41, 5.74) is 1.06. The Morgan fingerprint density at radius 3 is 2.55 bits per heavy atom. The molecule has 0 aliphatic rings. The molecule has 1 aromatic heterocycles. The first-order valence-corrected chi connectivity index (χ1v) is 5.85. The van der Waals surface area contributed by atoms with Gasteiger partial charge in [0, 0.05) is 5.56 Å². The van der Waals surface area contributed by atoms with Gasteiger partial charge in [-0.1, -0.05) is 39.8 Å². The molecule has 0 fully saturated rings. The van der Waals surface area contributed by atoms with E-state index in [1.165, 1.54) is 20.7 Å². The van der Waals surface area contributed by atoms with Crippen LogP contribution in [0.15, 0.2) is 0 Å². The lowest BCUT2D eigenvalue weighted by Gasteiger charge is -1.91. The van der Waals surface area contributed by atoms with Gasteiger partial charge < -0.3 is 0 Å². The van der Waals surface area contributed by atoms with E-state index in [9.17, 15) is 4.79 Å². The molecular formula is C7H8OS3. The van der Waals surface area contributed by atoms with Gasteiger partial charge in [0.05, 0.1) is 4.88 Å². The average Bonchev–Trinajstić information content (AvgIpc) is 2.30. The Morgan fingerprint density at radius 1 is 1.55 bits per heavy atom. The fourth-order valence-electron chi connectivity index (χ4n) is 0.849. The number of Topliss-reactive ketones (excluding diaryl/α,β-unsaturated/α-hetero) is 1. The van der Waals surface area contributed by atoms with Crippen molar-refractivity contribution in [3.8, 4) is 0 Å². The Bertz CT molecular complexity index is 321. The monoisotopic (exact) mass is 204 g/mol. The molecule has 1 nitrogen and oxygen atoms in total. The zero-order valence-corrected chi connectivity index (χ0v) is 8.79. The third-order valence-corrected chi connectivity index (χ3v) is 4.64. The lowest BCUT2D eigenvalue weighted by molar-refractivity contribution is 0.102. The fraction of sp³-hybridized carbons (Fsp3) is 0.429. The van der Waals surface area contributed by atoms with Crippen molar-refractivity contribution in [2.45, 2.75) is 20.3 Å². The minimum absolute atomic E-state index is 0.138. The molecular weight excluding hydrogens is 196 g/mol. The molecule has 0 unspecified atom stereocenters. The van der Waals surface area contributed by atoms with Crippen molar-refractivity contribution in [1.82, 2.24) is 0 Å². The Hall–Kier alpha value is -0.0600. The van der Waals surface area contributed by atoms with Gasteiger partial charge in [0.1, 0.15) is 3.82 Å². The topological polar surface area (TPSA) is 17.1 Å². The van der Waals surface area contributed by atoms with E-state index in [4.69, 9.17) is 12.2 Å². The van der Waals surface area contributed by atoms with E-state index < -0.39 is 0 Å². The second kappa shape index (κ2) is 3.56. The summed E-state index contributed by atoms with van der Waals surface area (Å²) in [5.74, 6) is 0.138. The SMILES string of the molecule is CCc1c(C(C)=O)ssc1=S. The molecule has 1 rings (SSSR count). The largest absolute Gasteiger partial charge is 0.294 e. The van der Waals surface area contributed by atoms with Crippen molar-refractivity contribution < 1.29 is 4.79 Å². The normalized spacial score (nSPS) is 10.0. The van der Waals surface area contributed by atoms with Crippen LogP contribution in [0.5, 0.6) is 0 Å². The molecule has 0 aliphatic heterocycles. The van der Waals surface area contributed by atoms with Crippen molar-refractivity contribution in [1.29, 1.82) is 0 Å². The van der Waals surface area contributed by atoms with Crippen LogP contribution in [0.3, 0.4) is 0 Å². The highest BCUT2D eigenvalue weighted by Gasteiger charge is 2.09. The predicted octanol–water partition coefficient (Wildman–Crippen LogP) is 3.30. The maximum Gasteiger partial charge on any atom is 0.170 e. The maximum absolute atomic E-state index is 11.0. The molecule has 11 heavy (non-hydrogen) atoms. The molecule has 0 aromatic carbocycles. The van der Waals surface area contributed by atoms with Crippen molar-refractivity contribution in [3.05, 3.63) is 14.3 Å². The van der Waals surface area contributed by atoms with E-state index in [0.29, 0.717) is 0 Å². The Morgan fingerprint density at radius 2 is 2.18 bits per heavy atom. The highest BCUT2D eigenvalue weighted by molar-refractivity contribution is 7.79. The fourth-order valence-corrected chi connectivity index (χ4v) is 3.93. The lowest BCUT2D eigenvalue weighted by Crippen LogP contribution is -1.92. The second-order valence-corrected chi connectivity index (χ2v) is 4.99. The van der Waals surface area contributed by atoms with Gasteiger partial charge in [0.15, 0.2) is 5.78 Å². The third kappa shape index (κ3) is 1.75. The molecule has 0 atom stereocenters. The first-order valence-electron chi connectivity index (χ1n) is 3.29. The molecule has 0 saturated heterocycles. The van der Waals surface area contributed by atoms with E-state index >= 15 is 0 Å². The summed E-state index contributed by atoms with van der Waals surface area (Å²) >= 11 is 5.07. The van der Waals surface area contributed by atoms with E-state index in [2.05, 4.69) is 0 Å². The number of ketones is 1. The number of carbonyl (C=O) groups is 1. The molecule has 0 radical (unpaired) electrons. The van der Waals surface area contributed by atoms with Gasteiger partial charge in [-0.05, 0) is 13.3 Å². The predicted molar refractivity (Wildman–Crippen MR) is 52.4 cm³/mol. The standard InChI is InChI=1S/C7H8OS3/c1-3-5-6(4(2)8)10-11-7(5)9/h3H2,1-2H3. The van der Waals surface area contributed by atoms with Crippen molar-refractivity contribution >= 4 is 38.7 Å². The molecule has 0 spiro atoms. The lowest BCUT2D eigenvalue weighted by atomic mass is 10.2. The quantitative estimate of drug-likeness (QED) is 0.418. The van der Waals surface area contributed by atoms with Crippen LogP contribution in [0.25, 0.3) is 0 Å². The summed E-state index contributed by atoms with van der Waals surface area (Å²) in [7, 11) is 3.02. The molecule has 1 aromatic rings. The zero-order valence-electron chi connectivity index (χ0n) is 6.34. The summed E-state index contributed by atoms with van der Waals surface area (Å²) in [4.78, 5) is 11.9. The van der Waals surface area contributed by atoms with Gasteiger partial charge in [-0.15, -0.1) is 0 Å². The first-order chi connectivity index (χ1) is 5.16. The number of rotatable bonds is 2. The zero-order chi connectivity index (χ0) is 8.43. The van der Waals surface area contributed by atoms with E-state index in [1.54, 1.807) is 6.92 Å². The van der Waals surface area contributed by atoms with Crippen LogP contribution in [0.1, 0.15) is 29.1 Å². The Kier molecular flexibility index (Phi) is 2.92. The van der Waals surface area contributed by atoms with Crippen molar-refractivity contribution in [2.24, 2.45) is 0 Å². The highest BCUT2D eigenvalue weighted by atomic mass is 32.9. The summed E-state index contributed by atoms with van der Waals surface area (Å²) in [6, 6.07) is 0. The Labute approximate surface area is 78.1 Å². The second-order valence-electron chi connectivity index (χ2n) is 2.17. The molecule has 0 amide bonds. The number of carbonyl (C=O) groups excluding carboxylic acids is 1. The molecule has 60 valence electrons. The van der Waals surface area contributed by atoms with Crippen molar-refractivity contribution in [2.75, 3.05) is 0 Å². The van der Waals surface area contributed by atoms with Crippen LogP contribution in [-0.4, -0.2) is 5.78 Å². The Balaban J connectivity index is 3.27. The van der Waals surface area contributed by atoms with Gasteiger partial charge in [0.2, 0.25) is 0 Å². The van der Waals surface area contributed by atoms with Crippen LogP contribution in [0, 0.1) is 3.82 Å². The molecule has 0 saturated carbocycles. The van der Waals surface area contributed by atoms with Crippen LogP contribution >= 0.6 is 32.9 Å². The minimum atomic E-state index is 0.138. The molecule has 0 aliphatic carbocycles. The van der Waals surface area contributed by atoms with Crippen LogP contribution in [0.2, 0.25) is 0 Å². The molecule has 0 bridgehead atoms. The van der Waals surface area contributed by atoms with Crippen LogP contribution in [-0.2, 0) is 6.42 Å². The van der Waals surface area contributed by atoms with Gasteiger partial charge in [0.25, 0.3) is 0 Å².